The van der Waals surface area contributed by atoms with Crippen LogP contribution in [0, 0.1) is 0 Å². The summed E-state index contributed by atoms with van der Waals surface area (Å²) in [6, 6.07) is 4.81. The standard InChI is InChI=1S/C8H6O4.C6H14O3.2Li/c9-7(10)5-2-1-3-6(4-5)8(11)12;1-5(8)4-9-6(2)3-7;;/h1-4H,(H,9,10)(H,11,12);5-8H,3-4H2,1-2H3;;/q;;2*+1/p-2. The van der Waals surface area contributed by atoms with Crippen molar-refractivity contribution in [2.45, 2.75) is 26.1 Å². The maximum absolute atomic E-state index is 10.3. The van der Waals surface area contributed by atoms with Gasteiger partial charge in [0.15, 0.2) is 0 Å². The molecule has 0 radical (unpaired) electrons. The molecular formula is C14H18Li2O7. The molecule has 0 aromatic heterocycles. The number of benzene rings is 1. The van der Waals surface area contributed by atoms with Gasteiger partial charge < -0.3 is 34.8 Å². The van der Waals surface area contributed by atoms with E-state index in [0.717, 1.165) is 6.07 Å². The first kappa shape index (κ1) is 27.1. The Bertz CT molecular complexity index is 437. The van der Waals surface area contributed by atoms with Crippen molar-refractivity contribution in [3.05, 3.63) is 35.4 Å². The van der Waals surface area contributed by atoms with Crippen LogP contribution in [0.2, 0.25) is 0 Å². The normalized spacial score (nSPS) is 11.7. The van der Waals surface area contributed by atoms with Gasteiger partial charge in [0.25, 0.3) is 0 Å². The zero-order chi connectivity index (χ0) is 16.4. The fourth-order valence-corrected chi connectivity index (χ4v) is 1.13. The zero-order valence-electron chi connectivity index (χ0n) is 13.8. The van der Waals surface area contributed by atoms with Crippen LogP contribution in [0.15, 0.2) is 24.3 Å². The summed E-state index contributed by atoms with van der Waals surface area (Å²) in [5, 5.41) is 37.6. The van der Waals surface area contributed by atoms with Gasteiger partial charge in [-0.3, -0.25) is 0 Å². The van der Waals surface area contributed by atoms with E-state index in [1.54, 1.807) is 13.8 Å². The number of hydrogen-bond acceptors (Lipinski definition) is 7. The van der Waals surface area contributed by atoms with Crippen molar-refractivity contribution < 1.29 is 72.5 Å². The molecule has 0 aliphatic heterocycles. The summed E-state index contributed by atoms with van der Waals surface area (Å²) in [6.07, 6.45) is -0.612. The number of aliphatic hydroxyl groups is 2. The van der Waals surface area contributed by atoms with Crippen LogP contribution in [0.1, 0.15) is 34.6 Å². The molecule has 1 aromatic carbocycles. The molecule has 2 N–H and O–H groups in total. The summed E-state index contributed by atoms with van der Waals surface area (Å²) in [4.78, 5) is 20.5. The van der Waals surface area contributed by atoms with Gasteiger partial charge in [-0.15, -0.1) is 0 Å². The fraction of sp³-hybridized carbons (Fsp3) is 0.429. The van der Waals surface area contributed by atoms with E-state index in [4.69, 9.17) is 14.9 Å². The quantitative estimate of drug-likeness (QED) is 0.499. The summed E-state index contributed by atoms with van der Waals surface area (Å²) in [7, 11) is 0. The number of carboxylic acid groups (broad SMARTS) is 2. The maximum Gasteiger partial charge on any atom is 1.00 e. The molecule has 0 saturated carbocycles. The summed E-state index contributed by atoms with van der Waals surface area (Å²) >= 11 is 0. The number of carbonyl (C=O) groups is 2. The molecule has 0 fully saturated rings. The molecule has 0 amide bonds. The minimum absolute atomic E-state index is 0. The van der Waals surface area contributed by atoms with Crippen LogP contribution < -0.4 is 47.9 Å². The molecule has 118 valence electrons. The summed E-state index contributed by atoms with van der Waals surface area (Å²) in [6.45, 7) is 3.70. The largest absolute Gasteiger partial charge is 1.00 e. The van der Waals surface area contributed by atoms with E-state index in [2.05, 4.69) is 0 Å². The number of carbonyl (C=O) groups excluding carboxylic acids is 2. The van der Waals surface area contributed by atoms with Gasteiger partial charge in [0.05, 0.1) is 37.4 Å². The van der Waals surface area contributed by atoms with Crippen LogP contribution in [0.25, 0.3) is 0 Å². The second kappa shape index (κ2) is 14.8. The zero-order valence-corrected chi connectivity index (χ0v) is 13.8. The Morgan fingerprint density at radius 1 is 1.13 bits per heavy atom. The van der Waals surface area contributed by atoms with Crippen molar-refractivity contribution in [1.29, 1.82) is 0 Å². The number of carboxylic acids is 2. The second-order valence-electron chi connectivity index (χ2n) is 4.33. The van der Waals surface area contributed by atoms with Gasteiger partial charge in [-0.2, -0.15) is 0 Å². The maximum atomic E-state index is 10.3. The smallest absolute Gasteiger partial charge is 0.545 e. The van der Waals surface area contributed by atoms with E-state index in [-0.39, 0.29) is 61.6 Å². The van der Waals surface area contributed by atoms with Crippen molar-refractivity contribution >= 4 is 11.9 Å². The molecular weight excluding hydrogens is 294 g/mol. The molecule has 1 rings (SSSR count). The van der Waals surface area contributed by atoms with Gasteiger partial charge in [-0.25, -0.2) is 0 Å². The van der Waals surface area contributed by atoms with Gasteiger partial charge in [-0.05, 0) is 31.0 Å². The van der Waals surface area contributed by atoms with E-state index < -0.39 is 18.0 Å². The average molecular weight is 312 g/mol. The molecule has 7 nitrogen and oxygen atoms in total. The average Bonchev–Trinajstić information content (AvgIpc) is 2.45. The van der Waals surface area contributed by atoms with Crippen molar-refractivity contribution in [2.24, 2.45) is 0 Å². The minimum Gasteiger partial charge on any atom is -0.545 e. The topological polar surface area (TPSA) is 130 Å². The van der Waals surface area contributed by atoms with Crippen molar-refractivity contribution in [3.8, 4) is 0 Å². The third-order valence-corrected chi connectivity index (χ3v) is 2.21. The molecule has 0 aliphatic carbocycles. The molecule has 2 atom stereocenters. The van der Waals surface area contributed by atoms with E-state index >= 15 is 0 Å². The summed E-state index contributed by atoms with van der Waals surface area (Å²) in [5.41, 5.74) is -0.339. The molecule has 0 heterocycles. The van der Waals surface area contributed by atoms with Crippen LogP contribution in [-0.2, 0) is 4.74 Å². The first-order valence-electron chi connectivity index (χ1n) is 6.21. The van der Waals surface area contributed by atoms with Crippen LogP contribution >= 0.6 is 0 Å². The Morgan fingerprint density at radius 3 is 1.87 bits per heavy atom. The van der Waals surface area contributed by atoms with Crippen LogP contribution in [-0.4, -0.2) is 47.6 Å². The molecule has 2 unspecified atom stereocenters. The summed E-state index contributed by atoms with van der Waals surface area (Å²) < 4.78 is 4.95. The Balaban J connectivity index is -0.000000332. The van der Waals surface area contributed by atoms with E-state index in [0.29, 0.717) is 6.61 Å². The molecule has 0 spiro atoms. The Morgan fingerprint density at radius 2 is 1.57 bits per heavy atom. The predicted octanol–water partition coefficient (Wildman–Crippen LogP) is -7.81. The monoisotopic (exact) mass is 312 g/mol. The molecule has 0 saturated heterocycles. The molecule has 9 heteroatoms. The first-order valence-corrected chi connectivity index (χ1v) is 6.21. The predicted molar refractivity (Wildman–Crippen MR) is 69.3 cm³/mol. The van der Waals surface area contributed by atoms with Crippen LogP contribution in [0.4, 0.5) is 0 Å². The van der Waals surface area contributed by atoms with Crippen molar-refractivity contribution in [1.82, 2.24) is 0 Å². The molecule has 0 aliphatic rings. The fourth-order valence-electron chi connectivity index (χ4n) is 1.13. The van der Waals surface area contributed by atoms with E-state index in [1.807, 2.05) is 0 Å². The Kier molecular flexibility index (Phi) is 17.4. The number of aromatic carboxylic acids is 2. The van der Waals surface area contributed by atoms with E-state index in [1.165, 1.54) is 18.2 Å². The van der Waals surface area contributed by atoms with Crippen molar-refractivity contribution in [2.75, 3.05) is 13.2 Å². The third-order valence-electron chi connectivity index (χ3n) is 2.21. The van der Waals surface area contributed by atoms with E-state index in [9.17, 15) is 19.8 Å². The van der Waals surface area contributed by atoms with Gasteiger partial charge >= 0.3 is 37.7 Å². The second-order valence-corrected chi connectivity index (χ2v) is 4.33. The van der Waals surface area contributed by atoms with Crippen LogP contribution in [0.3, 0.4) is 0 Å². The SMILES string of the molecule is CC(O)COC(C)CO.O=C([O-])c1cccc(C(=O)[O-])c1.[Li+].[Li+]. The number of hydrogen-bond donors (Lipinski definition) is 2. The molecule has 1 aromatic rings. The minimum atomic E-state index is -1.40. The summed E-state index contributed by atoms with van der Waals surface area (Å²) in [5.74, 6) is -2.81. The molecule has 23 heavy (non-hydrogen) atoms. The third kappa shape index (κ3) is 13.4. The van der Waals surface area contributed by atoms with Crippen LogP contribution in [0.5, 0.6) is 0 Å². The van der Waals surface area contributed by atoms with Gasteiger partial charge in [-0.1, -0.05) is 18.2 Å². The van der Waals surface area contributed by atoms with Gasteiger partial charge in [0.2, 0.25) is 0 Å². The van der Waals surface area contributed by atoms with Gasteiger partial charge in [0.1, 0.15) is 0 Å². The van der Waals surface area contributed by atoms with Gasteiger partial charge in [0, 0.05) is 0 Å². The Hall–Kier alpha value is -0.765. The van der Waals surface area contributed by atoms with Crippen molar-refractivity contribution in [3.63, 3.8) is 0 Å². The number of aliphatic hydroxyl groups excluding tert-OH is 2. The number of ether oxygens (including phenoxy) is 1. The molecule has 0 bridgehead atoms. The number of rotatable bonds is 6. The first-order chi connectivity index (χ1) is 9.77. The Labute approximate surface area is 159 Å².